The number of rotatable bonds is 7. The molecule has 0 spiro atoms. The topological polar surface area (TPSA) is 57.1 Å². The minimum absolute atomic E-state index is 0.425. The van der Waals surface area contributed by atoms with Gasteiger partial charge in [0.05, 0.1) is 38.7 Å². The fraction of sp³-hybridized carbons (Fsp3) is 0.857. The average Bonchev–Trinajstić information content (AvgIpc) is 2.20. The van der Waals surface area contributed by atoms with Crippen LogP contribution in [0.15, 0.2) is 4.99 Å². The minimum atomic E-state index is -1.88. The third-order valence-electron chi connectivity index (χ3n) is 1.49. The summed E-state index contributed by atoms with van der Waals surface area (Å²) in [7, 11) is 2.72. The fourth-order valence-corrected chi connectivity index (χ4v) is 2.21. The van der Waals surface area contributed by atoms with Gasteiger partial charge in [-0.1, -0.05) is 0 Å². The SMILES string of the molecule is COS(CCCN=C=O)(OC)OC. The summed E-state index contributed by atoms with van der Waals surface area (Å²) in [6.07, 6.45) is 2.15. The van der Waals surface area contributed by atoms with Gasteiger partial charge in [-0.25, -0.2) is 9.79 Å². The lowest BCUT2D eigenvalue weighted by atomic mass is 10.5. The van der Waals surface area contributed by atoms with Crippen LogP contribution in [0.1, 0.15) is 6.42 Å². The highest BCUT2D eigenvalue weighted by Crippen LogP contribution is 2.49. The maximum atomic E-state index is 9.76. The molecule has 0 aliphatic carbocycles. The van der Waals surface area contributed by atoms with Crippen molar-refractivity contribution < 1.29 is 17.3 Å². The second-order valence-electron chi connectivity index (χ2n) is 2.09. The highest BCUT2D eigenvalue weighted by Gasteiger charge is 2.21. The molecule has 0 fully saturated rings. The van der Waals surface area contributed by atoms with E-state index in [1.807, 2.05) is 0 Å². The van der Waals surface area contributed by atoms with Gasteiger partial charge >= 0.3 is 0 Å². The Labute approximate surface area is 80.0 Å². The molecule has 0 aromatic carbocycles. The van der Waals surface area contributed by atoms with E-state index in [4.69, 9.17) is 12.5 Å². The molecule has 0 bridgehead atoms. The van der Waals surface area contributed by atoms with Crippen molar-refractivity contribution >= 4 is 17.0 Å². The lowest BCUT2D eigenvalue weighted by molar-refractivity contribution is 0.248. The van der Waals surface area contributed by atoms with Crippen molar-refractivity contribution in [1.29, 1.82) is 0 Å². The Morgan fingerprint density at radius 1 is 1.23 bits per heavy atom. The maximum Gasteiger partial charge on any atom is 0.234 e. The second kappa shape index (κ2) is 7.06. The first-order valence-electron chi connectivity index (χ1n) is 3.76. The molecular formula is C7H15NO4S. The number of hydrogen-bond donors (Lipinski definition) is 0. The standard InChI is InChI=1S/C7H15NO4S/c1-10-13(11-2,12-3)6-4-5-8-7-9/h4-6H2,1-3H3. The van der Waals surface area contributed by atoms with E-state index in [2.05, 4.69) is 4.99 Å². The van der Waals surface area contributed by atoms with Gasteiger partial charge in [0.15, 0.2) is 0 Å². The average molecular weight is 209 g/mol. The van der Waals surface area contributed by atoms with E-state index in [0.29, 0.717) is 18.7 Å². The summed E-state index contributed by atoms with van der Waals surface area (Å²) in [6, 6.07) is 0. The predicted molar refractivity (Wildman–Crippen MR) is 51.1 cm³/mol. The Morgan fingerprint density at radius 2 is 1.77 bits per heavy atom. The largest absolute Gasteiger partial charge is 0.296 e. The van der Waals surface area contributed by atoms with Crippen LogP contribution < -0.4 is 0 Å². The lowest BCUT2D eigenvalue weighted by Crippen LogP contribution is -2.11. The van der Waals surface area contributed by atoms with Crippen LogP contribution >= 0.6 is 10.9 Å². The highest BCUT2D eigenvalue weighted by molar-refractivity contribution is 8.21. The molecule has 0 aliphatic heterocycles. The van der Waals surface area contributed by atoms with Crippen LogP contribution in [-0.4, -0.2) is 39.7 Å². The summed E-state index contributed by atoms with van der Waals surface area (Å²) in [4.78, 5) is 13.2. The second-order valence-corrected chi connectivity index (χ2v) is 4.61. The Bertz CT molecular complexity index is 169. The van der Waals surface area contributed by atoms with Gasteiger partial charge < -0.3 is 0 Å². The van der Waals surface area contributed by atoms with Crippen LogP contribution in [0.3, 0.4) is 0 Å². The van der Waals surface area contributed by atoms with E-state index < -0.39 is 10.9 Å². The first kappa shape index (κ1) is 12.6. The van der Waals surface area contributed by atoms with Crippen LogP contribution in [0.25, 0.3) is 0 Å². The van der Waals surface area contributed by atoms with Crippen LogP contribution in [0.2, 0.25) is 0 Å². The van der Waals surface area contributed by atoms with Crippen LogP contribution in [0.5, 0.6) is 0 Å². The van der Waals surface area contributed by atoms with E-state index in [0.717, 1.165) is 0 Å². The van der Waals surface area contributed by atoms with E-state index in [1.165, 1.54) is 27.4 Å². The van der Waals surface area contributed by atoms with E-state index in [-0.39, 0.29) is 0 Å². The normalized spacial score (nSPS) is 12.2. The molecule has 0 saturated heterocycles. The van der Waals surface area contributed by atoms with E-state index in [1.54, 1.807) is 0 Å². The minimum Gasteiger partial charge on any atom is -0.296 e. The summed E-state index contributed by atoms with van der Waals surface area (Å²) < 4.78 is 15.3. The third-order valence-corrected chi connectivity index (χ3v) is 3.80. The molecule has 0 aromatic heterocycles. The molecule has 78 valence electrons. The molecule has 0 unspecified atom stereocenters. The predicted octanol–water partition coefficient (Wildman–Crippen LogP) is 1.20. The van der Waals surface area contributed by atoms with Crippen LogP contribution in [0, 0.1) is 0 Å². The van der Waals surface area contributed by atoms with Crippen LogP contribution in [0.4, 0.5) is 0 Å². The molecule has 0 heterocycles. The number of nitrogens with zero attached hydrogens (tertiary/aromatic N) is 1. The van der Waals surface area contributed by atoms with Gasteiger partial charge in [-0.15, -0.1) is 0 Å². The van der Waals surface area contributed by atoms with Crippen molar-refractivity contribution in [3.8, 4) is 0 Å². The molecule has 13 heavy (non-hydrogen) atoms. The molecule has 0 amide bonds. The Kier molecular flexibility index (Phi) is 6.84. The van der Waals surface area contributed by atoms with Gasteiger partial charge in [0.2, 0.25) is 6.08 Å². The van der Waals surface area contributed by atoms with Gasteiger partial charge in [-0.05, 0) is 6.42 Å². The zero-order valence-corrected chi connectivity index (χ0v) is 8.93. The van der Waals surface area contributed by atoms with Crippen molar-refractivity contribution in [2.45, 2.75) is 6.42 Å². The molecule has 0 aromatic rings. The lowest BCUT2D eigenvalue weighted by Gasteiger charge is -2.33. The van der Waals surface area contributed by atoms with E-state index in [9.17, 15) is 4.79 Å². The quantitative estimate of drug-likeness (QED) is 0.359. The van der Waals surface area contributed by atoms with Gasteiger partial charge in [-0.2, -0.15) is 0 Å². The molecule has 0 rings (SSSR count). The molecule has 0 atom stereocenters. The summed E-state index contributed by atoms with van der Waals surface area (Å²) >= 11 is 0. The first-order chi connectivity index (χ1) is 6.24. The van der Waals surface area contributed by atoms with Crippen LogP contribution in [-0.2, 0) is 17.3 Å². The molecule has 0 N–H and O–H groups in total. The van der Waals surface area contributed by atoms with Crippen molar-refractivity contribution in [3.63, 3.8) is 0 Å². The monoisotopic (exact) mass is 209 g/mol. The summed E-state index contributed by atoms with van der Waals surface area (Å²) in [6.45, 7) is 0.425. The van der Waals surface area contributed by atoms with Gasteiger partial charge in [0.25, 0.3) is 0 Å². The summed E-state index contributed by atoms with van der Waals surface area (Å²) in [5.41, 5.74) is 0. The van der Waals surface area contributed by atoms with Gasteiger partial charge in [-0.3, -0.25) is 12.5 Å². The smallest absolute Gasteiger partial charge is 0.234 e. The molecule has 5 nitrogen and oxygen atoms in total. The number of carbonyl (C=O) groups excluding carboxylic acids is 1. The Morgan fingerprint density at radius 3 is 2.15 bits per heavy atom. The zero-order valence-electron chi connectivity index (χ0n) is 8.11. The van der Waals surface area contributed by atoms with Crippen molar-refractivity contribution in [3.05, 3.63) is 0 Å². The molecule has 0 radical (unpaired) electrons. The van der Waals surface area contributed by atoms with Crippen molar-refractivity contribution in [2.75, 3.05) is 33.6 Å². The van der Waals surface area contributed by atoms with Gasteiger partial charge in [0, 0.05) is 5.75 Å². The third kappa shape index (κ3) is 4.40. The zero-order chi connectivity index (χ0) is 10.2. The number of isocyanates is 1. The molecule has 0 aliphatic rings. The highest BCUT2D eigenvalue weighted by atomic mass is 32.3. The van der Waals surface area contributed by atoms with Crippen molar-refractivity contribution in [1.82, 2.24) is 0 Å². The maximum absolute atomic E-state index is 9.76. The first-order valence-corrected chi connectivity index (χ1v) is 5.33. The fourth-order valence-electron chi connectivity index (χ4n) is 0.820. The Hall–Kier alpha value is -0.390. The summed E-state index contributed by atoms with van der Waals surface area (Å²) in [5.74, 6) is 0.599. The molecule has 6 heteroatoms. The number of aliphatic imine (C=N–C) groups is 1. The molecular weight excluding hydrogens is 194 g/mol. The number of hydrogen-bond acceptors (Lipinski definition) is 5. The Balaban J connectivity index is 3.87. The van der Waals surface area contributed by atoms with E-state index >= 15 is 0 Å². The summed E-state index contributed by atoms with van der Waals surface area (Å²) in [5, 5.41) is 0. The van der Waals surface area contributed by atoms with Crippen molar-refractivity contribution in [2.24, 2.45) is 4.99 Å². The molecule has 0 saturated carbocycles. The van der Waals surface area contributed by atoms with Gasteiger partial charge in [0.1, 0.15) is 0 Å².